The molecule has 0 atom stereocenters. The van der Waals surface area contributed by atoms with Crippen LogP contribution in [0.25, 0.3) is 22.1 Å². The van der Waals surface area contributed by atoms with Crippen molar-refractivity contribution in [1.29, 1.82) is 0 Å². The predicted octanol–water partition coefficient (Wildman–Crippen LogP) is 10.5. The Morgan fingerprint density at radius 3 is 2.09 bits per heavy atom. The minimum absolute atomic E-state index is 0.00197. The molecule has 0 bridgehead atoms. The number of esters is 1. The summed E-state index contributed by atoms with van der Waals surface area (Å²) >= 11 is 0. The van der Waals surface area contributed by atoms with Crippen molar-refractivity contribution in [3.8, 4) is 22.6 Å². The molecule has 0 saturated heterocycles. The maximum Gasteiger partial charge on any atom is 0.573 e. The van der Waals surface area contributed by atoms with Gasteiger partial charge in [0.1, 0.15) is 17.1 Å². The molecule has 3 rings (SSSR count). The van der Waals surface area contributed by atoms with Gasteiger partial charge in [-0.15, -0.1) is 13.2 Å². The number of halogens is 3. The highest BCUT2D eigenvalue weighted by Gasteiger charge is 2.33. The zero-order valence-electron chi connectivity index (χ0n) is 27.1. The van der Waals surface area contributed by atoms with Crippen LogP contribution in [0.5, 0.6) is 11.5 Å². The zero-order valence-corrected chi connectivity index (χ0v) is 27.1. The van der Waals surface area contributed by atoms with Crippen LogP contribution in [-0.4, -0.2) is 25.5 Å². The second-order valence-corrected chi connectivity index (χ2v) is 11.8. The van der Waals surface area contributed by atoms with Gasteiger partial charge in [0.25, 0.3) is 0 Å². The number of fused-ring (bicyclic) bond motifs is 1. The van der Waals surface area contributed by atoms with E-state index < -0.39 is 17.7 Å². The molecule has 0 fully saturated rings. The SMILES string of the molecule is C=C(C)C(=O)OCCCCCCCCCCCCOc1ccc2cc(-c3ccc(CCCCC)cc3OC(F)(F)F)c(=O)oc2c1. The molecule has 0 aliphatic carbocycles. The van der Waals surface area contributed by atoms with Crippen molar-refractivity contribution in [2.75, 3.05) is 13.2 Å². The number of carbonyl (C=O) groups is 1. The van der Waals surface area contributed by atoms with E-state index in [1.807, 2.05) is 0 Å². The number of alkyl halides is 3. The van der Waals surface area contributed by atoms with Gasteiger partial charge in [-0.05, 0) is 62.4 Å². The first-order valence-electron chi connectivity index (χ1n) is 16.5. The van der Waals surface area contributed by atoms with Crippen molar-refractivity contribution < 1.29 is 36.6 Å². The third-order valence-corrected chi connectivity index (χ3v) is 7.73. The second-order valence-electron chi connectivity index (χ2n) is 11.8. The quantitative estimate of drug-likeness (QED) is 0.0497. The maximum atomic E-state index is 13.2. The van der Waals surface area contributed by atoms with Gasteiger partial charge in [0.05, 0.1) is 18.8 Å². The van der Waals surface area contributed by atoms with Gasteiger partial charge in [-0.2, -0.15) is 0 Å². The third-order valence-electron chi connectivity index (χ3n) is 7.73. The Morgan fingerprint density at radius 2 is 1.46 bits per heavy atom. The van der Waals surface area contributed by atoms with E-state index in [1.165, 1.54) is 43.9 Å². The van der Waals surface area contributed by atoms with Gasteiger partial charge in [0, 0.05) is 22.6 Å². The van der Waals surface area contributed by atoms with Crippen LogP contribution in [0.2, 0.25) is 0 Å². The normalized spacial score (nSPS) is 11.5. The zero-order chi connectivity index (χ0) is 33.4. The Morgan fingerprint density at radius 1 is 0.804 bits per heavy atom. The van der Waals surface area contributed by atoms with Crippen LogP contribution in [0.4, 0.5) is 13.2 Å². The first-order valence-corrected chi connectivity index (χ1v) is 16.5. The summed E-state index contributed by atoms with van der Waals surface area (Å²) in [5.74, 6) is -0.165. The van der Waals surface area contributed by atoms with Crippen LogP contribution in [0.15, 0.2) is 63.8 Å². The molecular formula is C37H47F3O6. The van der Waals surface area contributed by atoms with Gasteiger partial charge in [-0.25, -0.2) is 9.59 Å². The largest absolute Gasteiger partial charge is 0.573 e. The van der Waals surface area contributed by atoms with Crippen LogP contribution in [0, 0.1) is 0 Å². The van der Waals surface area contributed by atoms with Crippen LogP contribution in [0.3, 0.4) is 0 Å². The van der Waals surface area contributed by atoms with Crippen LogP contribution < -0.4 is 15.1 Å². The fraction of sp³-hybridized carbons (Fsp3) is 0.514. The van der Waals surface area contributed by atoms with Gasteiger partial charge in [0.2, 0.25) is 0 Å². The molecule has 0 radical (unpaired) electrons. The van der Waals surface area contributed by atoms with Gasteiger partial charge in [0.15, 0.2) is 0 Å². The number of carbonyl (C=O) groups excluding carboxylic acids is 1. The third kappa shape index (κ3) is 12.9. The Balaban J connectivity index is 1.43. The van der Waals surface area contributed by atoms with Crippen LogP contribution in [0.1, 0.15) is 103 Å². The monoisotopic (exact) mass is 644 g/mol. The summed E-state index contributed by atoms with van der Waals surface area (Å²) in [7, 11) is 0. The fourth-order valence-corrected chi connectivity index (χ4v) is 5.20. The molecule has 3 aromatic rings. The first kappa shape index (κ1) is 36.7. The van der Waals surface area contributed by atoms with Crippen molar-refractivity contribution in [3.05, 3.63) is 70.6 Å². The van der Waals surface area contributed by atoms with Crippen molar-refractivity contribution in [2.24, 2.45) is 0 Å². The van der Waals surface area contributed by atoms with Crippen molar-refractivity contribution in [3.63, 3.8) is 0 Å². The summed E-state index contributed by atoms with van der Waals surface area (Å²) in [6, 6.07) is 11.2. The average Bonchev–Trinajstić information content (AvgIpc) is 3.00. The predicted molar refractivity (Wildman–Crippen MR) is 175 cm³/mol. The molecule has 2 aromatic carbocycles. The number of hydrogen-bond acceptors (Lipinski definition) is 6. The van der Waals surface area contributed by atoms with Gasteiger partial charge in [-0.3, -0.25) is 0 Å². The minimum Gasteiger partial charge on any atom is -0.493 e. The van der Waals surface area contributed by atoms with Crippen molar-refractivity contribution in [1.82, 2.24) is 0 Å². The van der Waals surface area contributed by atoms with Crippen molar-refractivity contribution >= 4 is 16.9 Å². The highest BCUT2D eigenvalue weighted by atomic mass is 19.4. The molecule has 0 N–H and O–H groups in total. The summed E-state index contributed by atoms with van der Waals surface area (Å²) in [6.07, 6.45) is 9.50. The van der Waals surface area contributed by atoms with E-state index >= 15 is 0 Å². The minimum atomic E-state index is -4.90. The molecule has 0 unspecified atom stereocenters. The van der Waals surface area contributed by atoms with Crippen molar-refractivity contribution in [2.45, 2.75) is 110 Å². The number of aryl methyl sites for hydroxylation is 1. The molecule has 1 aromatic heterocycles. The summed E-state index contributed by atoms with van der Waals surface area (Å²) in [5.41, 5.74) is 0.734. The lowest BCUT2D eigenvalue weighted by Gasteiger charge is -2.15. The Bertz CT molecular complexity index is 1460. The molecule has 1 heterocycles. The van der Waals surface area contributed by atoms with Crippen LogP contribution >= 0.6 is 0 Å². The highest BCUT2D eigenvalue weighted by Crippen LogP contribution is 2.35. The highest BCUT2D eigenvalue weighted by molar-refractivity contribution is 5.87. The molecule has 9 heteroatoms. The second kappa shape index (κ2) is 19.0. The Kier molecular flexibility index (Phi) is 15.2. The number of unbranched alkanes of at least 4 members (excludes halogenated alkanes) is 11. The smallest absolute Gasteiger partial charge is 0.493 e. The lowest BCUT2D eigenvalue weighted by atomic mass is 10.00. The summed E-state index contributed by atoms with van der Waals surface area (Å²) < 4.78 is 60.5. The average molecular weight is 645 g/mol. The molecule has 0 aliphatic heterocycles. The summed E-state index contributed by atoms with van der Waals surface area (Å²) in [4.78, 5) is 24.2. The Labute approximate surface area is 269 Å². The van der Waals surface area contributed by atoms with Gasteiger partial charge < -0.3 is 18.6 Å². The molecule has 0 aliphatic rings. The number of benzene rings is 2. The number of hydrogen-bond donors (Lipinski definition) is 0. The topological polar surface area (TPSA) is 75.0 Å². The Hall–Kier alpha value is -3.75. The molecule has 0 spiro atoms. The summed E-state index contributed by atoms with van der Waals surface area (Å²) in [5, 5.41) is 0.568. The number of rotatable bonds is 21. The van der Waals surface area contributed by atoms with E-state index in [2.05, 4.69) is 18.2 Å². The molecule has 0 amide bonds. The molecular weight excluding hydrogens is 597 g/mol. The van der Waals surface area contributed by atoms with Gasteiger partial charge >= 0.3 is 18.0 Å². The fourth-order valence-electron chi connectivity index (χ4n) is 5.20. The molecule has 46 heavy (non-hydrogen) atoms. The van der Waals surface area contributed by atoms with E-state index in [0.717, 1.165) is 57.8 Å². The lowest BCUT2D eigenvalue weighted by molar-refractivity contribution is -0.274. The van der Waals surface area contributed by atoms with E-state index in [-0.39, 0.29) is 17.1 Å². The molecule has 252 valence electrons. The molecule has 6 nitrogen and oxygen atoms in total. The lowest BCUT2D eigenvalue weighted by Crippen LogP contribution is -2.18. The molecule has 0 saturated carbocycles. The van der Waals surface area contributed by atoms with E-state index in [0.29, 0.717) is 47.5 Å². The van der Waals surface area contributed by atoms with E-state index in [1.54, 1.807) is 31.2 Å². The standard InChI is InChI=1S/C37H47F3O6/c1-4-5-14-17-28-18-21-31(34(24-28)46-37(38,39)40)32-25-29-19-20-30(26-33(29)45-36(32)42)43-22-15-12-10-8-6-7-9-11-13-16-23-44-35(41)27(2)3/h18-21,24-26H,2,4-17,22-23H2,1,3H3. The van der Waals surface area contributed by atoms with E-state index in [4.69, 9.17) is 13.9 Å². The first-order chi connectivity index (χ1) is 22.1. The van der Waals surface area contributed by atoms with Crippen LogP contribution in [-0.2, 0) is 16.0 Å². The maximum absolute atomic E-state index is 13.2. The summed E-state index contributed by atoms with van der Waals surface area (Å²) in [6.45, 7) is 8.27. The number of ether oxygens (including phenoxy) is 3. The van der Waals surface area contributed by atoms with E-state index in [9.17, 15) is 22.8 Å². The van der Waals surface area contributed by atoms with Gasteiger partial charge in [-0.1, -0.05) is 89.8 Å².